The van der Waals surface area contributed by atoms with Crippen LogP contribution in [0.3, 0.4) is 0 Å². The van der Waals surface area contributed by atoms with Crippen molar-refractivity contribution in [2.45, 2.75) is 18.9 Å². The summed E-state index contributed by atoms with van der Waals surface area (Å²) in [5.41, 5.74) is -0.245. The lowest BCUT2D eigenvalue weighted by Crippen LogP contribution is -2.51. The van der Waals surface area contributed by atoms with E-state index >= 15 is 0 Å². The van der Waals surface area contributed by atoms with E-state index < -0.39 is 0 Å². The summed E-state index contributed by atoms with van der Waals surface area (Å²) in [5, 5.41) is 4.24. The molecule has 0 saturated carbocycles. The number of pyridine rings is 1. The summed E-state index contributed by atoms with van der Waals surface area (Å²) in [6.45, 7) is 2.00. The molecule has 1 amide bonds. The fourth-order valence-electron chi connectivity index (χ4n) is 1.28. The van der Waals surface area contributed by atoms with Crippen molar-refractivity contribution in [2.75, 3.05) is 10.7 Å². The highest BCUT2D eigenvalue weighted by molar-refractivity contribution is 9.09. The third kappa shape index (κ3) is 3.67. The second-order valence-electron chi connectivity index (χ2n) is 3.80. The average molecular weight is 366 g/mol. The van der Waals surface area contributed by atoms with E-state index in [9.17, 15) is 9.59 Å². The van der Waals surface area contributed by atoms with Crippen molar-refractivity contribution in [3.8, 4) is 0 Å². The standard InChI is InChI=1S/C11H14Br2N2O2/c1-2-11(6-12,7-13)15-10(17)8-3-4-14-9(16)5-8/h3-5H,2,6-7H2,1H3,(H,14,16)(H,15,17). The molecule has 0 atom stereocenters. The van der Waals surface area contributed by atoms with Crippen molar-refractivity contribution in [1.29, 1.82) is 0 Å². The molecular formula is C11H14Br2N2O2. The van der Waals surface area contributed by atoms with Crippen molar-refractivity contribution in [1.82, 2.24) is 10.3 Å². The topological polar surface area (TPSA) is 62.0 Å². The molecule has 17 heavy (non-hydrogen) atoms. The van der Waals surface area contributed by atoms with Gasteiger partial charge in [-0.2, -0.15) is 0 Å². The molecule has 0 fully saturated rings. The molecule has 1 rings (SSSR count). The summed E-state index contributed by atoms with van der Waals surface area (Å²) in [7, 11) is 0. The van der Waals surface area contributed by atoms with Gasteiger partial charge in [0.05, 0.1) is 5.54 Å². The summed E-state index contributed by atoms with van der Waals surface area (Å²) >= 11 is 6.79. The van der Waals surface area contributed by atoms with E-state index in [-0.39, 0.29) is 17.0 Å². The molecule has 94 valence electrons. The molecule has 1 aromatic heterocycles. The number of nitrogens with one attached hydrogen (secondary N) is 2. The van der Waals surface area contributed by atoms with Crippen LogP contribution in [0.25, 0.3) is 0 Å². The van der Waals surface area contributed by atoms with Gasteiger partial charge in [-0.3, -0.25) is 9.59 Å². The highest BCUT2D eigenvalue weighted by atomic mass is 79.9. The zero-order valence-electron chi connectivity index (χ0n) is 9.43. The van der Waals surface area contributed by atoms with Crippen molar-refractivity contribution in [3.05, 3.63) is 34.2 Å². The van der Waals surface area contributed by atoms with Gasteiger partial charge in [-0.15, -0.1) is 0 Å². The summed E-state index contributed by atoms with van der Waals surface area (Å²) in [6.07, 6.45) is 2.26. The second-order valence-corrected chi connectivity index (χ2v) is 4.92. The number of hydrogen-bond acceptors (Lipinski definition) is 2. The van der Waals surface area contributed by atoms with E-state index in [1.54, 1.807) is 6.07 Å². The Hall–Kier alpha value is -0.620. The molecule has 0 radical (unpaired) electrons. The molecule has 0 bridgehead atoms. The number of aromatic nitrogens is 1. The zero-order valence-corrected chi connectivity index (χ0v) is 12.6. The summed E-state index contributed by atoms with van der Waals surface area (Å²) in [6, 6.07) is 2.87. The number of hydrogen-bond donors (Lipinski definition) is 2. The SMILES string of the molecule is CCC(CBr)(CBr)NC(=O)c1cc[nH]c(=O)c1. The van der Waals surface area contributed by atoms with Gasteiger partial charge in [-0.1, -0.05) is 38.8 Å². The van der Waals surface area contributed by atoms with Crippen LogP contribution < -0.4 is 10.9 Å². The maximum absolute atomic E-state index is 12.0. The van der Waals surface area contributed by atoms with Crippen LogP contribution in [-0.2, 0) is 0 Å². The van der Waals surface area contributed by atoms with E-state index in [1.807, 2.05) is 6.92 Å². The predicted octanol–water partition coefficient (Wildman–Crippen LogP) is 2.04. The molecule has 0 unspecified atom stereocenters. The first-order valence-corrected chi connectivity index (χ1v) is 7.44. The van der Waals surface area contributed by atoms with Crippen LogP contribution in [0.2, 0.25) is 0 Å². The van der Waals surface area contributed by atoms with Gasteiger partial charge >= 0.3 is 0 Å². The summed E-state index contributed by atoms with van der Waals surface area (Å²) < 4.78 is 0. The average Bonchev–Trinajstić information content (AvgIpc) is 2.36. The lowest BCUT2D eigenvalue weighted by Gasteiger charge is -2.29. The molecule has 1 heterocycles. The lowest BCUT2D eigenvalue weighted by molar-refractivity contribution is 0.0915. The predicted molar refractivity (Wildman–Crippen MR) is 75.1 cm³/mol. The van der Waals surface area contributed by atoms with Crippen LogP contribution in [-0.4, -0.2) is 27.1 Å². The minimum absolute atomic E-state index is 0.239. The molecule has 6 heteroatoms. The number of alkyl halides is 2. The number of H-pyrrole nitrogens is 1. The molecule has 0 aliphatic carbocycles. The monoisotopic (exact) mass is 364 g/mol. The molecule has 0 aliphatic heterocycles. The third-order valence-electron chi connectivity index (χ3n) is 2.60. The Morgan fingerprint density at radius 3 is 2.59 bits per heavy atom. The van der Waals surface area contributed by atoms with Crippen LogP contribution >= 0.6 is 31.9 Å². The highest BCUT2D eigenvalue weighted by Crippen LogP contribution is 2.17. The fourth-order valence-corrected chi connectivity index (χ4v) is 3.28. The smallest absolute Gasteiger partial charge is 0.252 e. The Labute approximate surface area is 116 Å². The highest BCUT2D eigenvalue weighted by Gasteiger charge is 2.28. The summed E-state index contributed by atoms with van der Waals surface area (Å²) in [5.74, 6) is -0.239. The van der Waals surface area contributed by atoms with Gasteiger partial charge in [0.1, 0.15) is 0 Å². The van der Waals surface area contributed by atoms with Crippen LogP contribution in [0, 0.1) is 0 Å². The largest absolute Gasteiger partial charge is 0.345 e. The molecule has 2 N–H and O–H groups in total. The number of carbonyl (C=O) groups excluding carboxylic acids is 1. The van der Waals surface area contributed by atoms with Gasteiger partial charge in [0, 0.05) is 28.5 Å². The molecule has 1 aromatic rings. The molecule has 0 aromatic carbocycles. The number of rotatable bonds is 5. The lowest BCUT2D eigenvalue weighted by atomic mass is 10.0. The minimum Gasteiger partial charge on any atom is -0.345 e. The van der Waals surface area contributed by atoms with Gasteiger partial charge in [-0.25, -0.2) is 0 Å². The third-order valence-corrected chi connectivity index (χ3v) is 4.75. The molecule has 0 spiro atoms. The molecule has 0 saturated heterocycles. The van der Waals surface area contributed by atoms with Gasteiger partial charge in [-0.05, 0) is 12.5 Å². The number of carbonyl (C=O) groups is 1. The first-order valence-electron chi connectivity index (χ1n) is 5.20. The van der Waals surface area contributed by atoms with Crippen LogP contribution in [0.5, 0.6) is 0 Å². The van der Waals surface area contributed by atoms with E-state index in [1.165, 1.54) is 12.3 Å². The molecule has 4 nitrogen and oxygen atoms in total. The maximum atomic E-state index is 12.0. The van der Waals surface area contributed by atoms with E-state index in [0.29, 0.717) is 16.2 Å². The number of amides is 1. The first-order chi connectivity index (χ1) is 8.06. The van der Waals surface area contributed by atoms with Crippen LogP contribution in [0.15, 0.2) is 23.1 Å². The zero-order chi connectivity index (χ0) is 12.9. The van der Waals surface area contributed by atoms with Gasteiger partial charge in [0.15, 0.2) is 0 Å². The van der Waals surface area contributed by atoms with Crippen molar-refractivity contribution < 1.29 is 4.79 Å². The normalized spacial score (nSPS) is 11.2. The van der Waals surface area contributed by atoms with Crippen molar-refractivity contribution in [2.24, 2.45) is 0 Å². The Morgan fingerprint density at radius 2 is 2.12 bits per heavy atom. The van der Waals surface area contributed by atoms with E-state index in [2.05, 4.69) is 42.2 Å². The van der Waals surface area contributed by atoms with Crippen molar-refractivity contribution >= 4 is 37.8 Å². The first kappa shape index (κ1) is 14.4. The minimum atomic E-state index is -0.334. The second kappa shape index (κ2) is 6.35. The van der Waals surface area contributed by atoms with E-state index in [4.69, 9.17) is 0 Å². The quantitative estimate of drug-likeness (QED) is 0.784. The number of aromatic amines is 1. The van der Waals surface area contributed by atoms with Gasteiger partial charge in [0.25, 0.3) is 5.91 Å². The Morgan fingerprint density at radius 1 is 1.47 bits per heavy atom. The molecule has 0 aliphatic rings. The Bertz CT molecular complexity index is 433. The van der Waals surface area contributed by atoms with Crippen LogP contribution in [0.1, 0.15) is 23.7 Å². The number of halogens is 2. The molecular weight excluding hydrogens is 352 g/mol. The van der Waals surface area contributed by atoms with Crippen LogP contribution in [0.4, 0.5) is 0 Å². The van der Waals surface area contributed by atoms with Gasteiger partial charge in [0.2, 0.25) is 5.56 Å². The van der Waals surface area contributed by atoms with Crippen molar-refractivity contribution in [3.63, 3.8) is 0 Å². The Balaban J connectivity index is 2.88. The fraction of sp³-hybridized carbons (Fsp3) is 0.455. The summed E-state index contributed by atoms with van der Waals surface area (Å²) in [4.78, 5) is 25.6. The van der Waals surface area contributed by atoms with Gasteiger partial charge < -0.3 is 10.3 Å². The Kier molecular flexibility index (Phi) is 5.39. The van der Waals surface area contributed by atoms with E-state index in [0.717, 1.165) is 6.42 Å². The maximum Gasteiger partial charge on any atom is 0.252 e.